The third kappa shape index (κ3) is 3.02. The van der Waals surface area contributed by atoms with Gasteiger partial charge in [0, 0.05) is 12.3 Å². The summed E-state index contributed by atoms with van der Waals surface area (Å²) >= 11 is 0. The molecule has 0 aliphatic carbocycles. The second-order valence-corrected chi connectivity index (χ2v) is 3.97. The van der Waals surface area contributed by atoms with Gasteiger partial charge in [0.15, 0.2) is 0 Å². The molecule has 0 aromatic rings. The van der Waals surface area contributed by atoms with E-state index in [1.165, 1.54) is 0 Å². The first kappa shape index (κ1) is 12.2. The molecule has 1 saturated heterocycles. The Morgan fingerprint density at radius 3 is 2.87 bits per heavy atom. The van der Waals surface area contributed by atoms with E-state index in [1.807, 2.05) is 0 Å². The molecule has 0 radical (unpaired) electrons. The zero-order chi connectivity index (χ0) is 11.3. The number of unbranched alkanes of at least 4 members (excludes halogenated alkanes) is 2. The van der Waals surface area contributed by atoms with Gasteiger partial charge < -0.3 is 9.84 Å². The highest BCUT2D eigenvalue weighted by Crippen LogP contribution is 2.24. The first-order valence-corrected chi connectivity index (χ1v) is 5.51. The van der Waals surface area contributed by atoms with Gasteiger partial charge in [-0.05, 0) is 6.42 Å². The lowest BCUT2D eigenvalue weighted by Gasteiger charge is -2.10. The van der Waals surface area contributed by atoms with Crippen molar-refractivity contribution in [3.05, 3.63) is 0 Å². The van der Waals surface area contributed by atoms with Crippen molar-refractivity contribution in [2.45, 2.75) is 32.6 Å². The van der Waals surface area contributed by atoms with Gasteiger partial charge in [0.2, 0.25) is 0 Å². The smallest absolute Gasteiger partial charge is 0.316 e. The number of rotatable bonds is 6. The molecule has 2 unspecified atom stereocenters. The number of hydrogen-bond donors (Lipinski definition) is 1. The summed E-state index contributed by atoms with van der Waals surface area (Å²) < 4.78 is 4.78. The minimum atomic E-state index is -0.716. The van der Waals surface area contributed by atoms with Crippen LogP contribution in [-0.4, -0.2) is 30.1 Å². The Hall–Kier alpha value is -0.900. The first-order valence-electron chi connectivity index (χ1n) is 5.51. The fraction of sp³-hybridized carbons (Fsp3) is 0.818. The molecule has 0 amide bonds. The maximum Gasteiger partial charge on any atom is 0.316 e. The number of ketones is 1. The summed E-state index contributed by atoms with van der Waals surface area (Å²) in [6.45, 7) is 2.08. The van der Waals surface area contributed by atoms with E-state index in [0.29, 0.717) is 6.42 Å². The molecule has 1 rings (SSSR count). The van der Waals surface area contributed by atoms with Crippen molar-refractivity contribution >= 4 is 11.8 Å². The average molecular weight is 214 g/mol. The van der Waals surface area contributed by atoms with Crippen LogP contribution >= 0.6 is 0 Å². The molecule has 1 aliphatic heterocycles. The molecule has 15 heavy (non-hydrogen) atoms. The van der Waals surface area contributed by atoms with Crippen molar-refractivity contribution in [2.24, 2.45) is 11.8 Å². The van der Waals surface area contributed by atoms with Crippen LogP contribution < -0.4 is 0 Å². The minimum Gasteiger partial charge on any atom is -0.465 e. The zero-order valence-corrected chi connectivity index (χ0v) is 9.07. The molecule has 0 saturated carbocycles. The van der Waals surface area contributed by atoms with E-state index in [9.17, 15) is 9.59 Å². The van der Waals surface area contributed by atoms with Gasteiger partial charge in [-0.3, -0.25) is 9.59 Å². The standard InChI is InChI=1S/C11H18O4/c1-2-3-4-5-9(13)10-8(6-12)7-15-11(10)14/h8,10,12H,2-7H2,1H3. The third-order valence-corrected chi connectivity index (χ3v) is 2.77. The van der Waals surface area contributed by atoms with Crippen LogP contribution in [0.3, 0.4) is 0 Å². The van der Waals surface area contributed by atoms with E-state index in [1.54, 1.807) is 0 Å². The van der Waals surface area contributed by atoms with Gasteiger partial charge in [-0.15, -0.1) is 0 Å². The van der Waals surface area contributed by atoms with Crippen LogP contribution in [0, 0.1) is 11.8 Å². The van der Waals surface area contributed by atoms with Crippen LogP contribution in [0.5, 0.6) is 0 Å². The first-order chi connectivity index (χ1) is 7.20. The monoisotopic (exact) mass is 214 g/mol. The normalized spacial score (nSPS) is 25.3. The minimum absolute atomic E-state index is 0.0787. The number of esters is 1. The lowest BCUT2D eigenvalue weighted by molar-refractivity contribution is -0.144. The Labute approximate surface area is 89.6 Å². The SMILES string of the molecule is CCCCCC(=O)C1C(=O)OCC1CO. The van der Waals surface area contributed by atoms with Crippen LogP contribution in [0.15, 0.2) is 0 Å². The number of aliphatic hydroxyl groups excluding tert-OH is 1. The summed E-state index contributed by atoms with van der Waals surface area (Å²) in [6.07, 6.45) is 3.28. The molecule has 4 nitrogen and oxygen atoms in total. The van der Waals surface area contributed by atoms with Crippen LogP contribution in [0.25, 0.3) is 0 Å². The predicted molar refractivity (Wildman–Crippen MR) is 54.2 cm³/mol. The lowest BCUT2D eigenvalue weighted by Crippen LogP contribution is -2.27. The number of ether oxygens (including phenoxy) is 1. The van der Waals surface area contributed by atoms with Crippen molar-refractivity contribution < 1.29 is 19.4 Å². The van der Waals surface area contributed by atoms with E-state index in [2.05, 4.69) is 6.92 Å². The van der Waals surface area contributed by atoms with Crippen LogP contribution in [-0.2, 0) is 14.3 Å². The van der Waals surface area contributed by atoms with Crippen LogP contribution in [0.2, 0.25) is 0 Å². The Bertz CT molecular complexity index is 237. The molecule has 1 heterocycles. The van der Waals surface area contributed by atoms with Gasteiger partial charge in [0.05, 0.1) is 13.2 Å². The van der Waals surface area contributed by atoms with Crippen molar-refractivity contribution in [3.8, 4) is 0 Å². The summed E-state index contributed by atoms with van der Waals surface area (Å²) in [5, 5.41) is 8.99. The summed E-state index contributed by atoms with van der Waals surface area (Å²) in [7, 11) is 0. The highest BCUT2D eigenvalue weighted by Gasteiger charge is 2.40. The van der Waals surface area contributed by atoms with E-state index in [4.69, 9.17) is 9.84 Å². The summed E-state index contributed by atoms with van der Waals surface area (Å²) in [5.74, 6) is -1.58. The van der Waals surface area contributed by atoms with Crippen LogP contribution in [0.1, 0.15) is 32.6 Å². The van der Waals surface area contributed by atoms with Gasteiger partial charge in [0.1, 0.15) is 11.7 Å². The number of cyclic esters (lactones) is 1. The molecule has 1 fully saturated rings. The Kier molecular flexibility index (Phi) is 4.75. The van der Waals surface area contributed by atoms with Gasteiger partial charge in [0.25, 0.3) is 0 Å². The van der Waals surface area contributed by atoms with Crippen LogP contribution in [0.4, 0.5) is 0 Å². The van der Waals surface area contributed by atoms with E-state index >= 15 is 0 Å². The quantitative estimate of drug-likeness (QED) is 0.405. The second kappa shape index (κ2) is 5.85. The topological polar surface area (TPSA) is 63.6 Å². The Balaban J connectivity index is 2.45. The summed E-state index contributed by atoms with van der Waals surface area (Å²) in [5.41, 5.74) is 0. The lowest BCUT2D eigenvalue weighted by atomic mass is 9.89. The molecule has 0 aromatic carbocycles. The number of aliphatic hydroxyl groups is 1. The fourth-order valence-electron chi connectivity index (χ4n) is 1.82. The summed E-state index contributed by atoms with van der Waals surface area (Å²) in [4.78, 5) is 23.0. The molecule has 0 aromatic heterocycles. The van der Waals surface area contributed by atoms with Gasteiger partial charge >= 0.3 is 5.97 Å². The Morgan fingerprint density at radius 2 is 2.27 bits per heavy atom. The predicted octanol–water partition coefficient (Wildman–Crippen LogP) is 0.917. The molecule has 86 valence electrons. The van der Waals surface area contributed by atoms with Crippen molar-refractivity contribution in [3.63, 3.8) is 0 Å². The largest absolute Gasteiger partial charge is 0.465 e. The third-order valence-electron chi connectivity index (χ3n) is 2.77. The molecule has 0 spiro atoms. The molecular weight excluding hydrogens is 196 g/mol. The molecule has 1 aliphatic rings. The highest BCUT2D eigenvalue weighted by molar-refractivity contribution is 6.00. The Morgan fingerprint density at radius 1 is 1.53 bits per heavy atom. The highest BCUT2D eigenvalue weighted by atomic mass is 16.5. The maximum atomic E-state index is 11.7. The van der Waals surface area contributed by atoms with Crippen molar-refractivity contribution in [1.29, 1.82) is 0 Å². The maximum absolute atomic E-state index is 11.7. The molecular formula is C11H18O4. The fourth-order valence-corrected chi connectivity index (χ4v) is 1.82. The van der Waals surface area contributed by atoms with Crippen molar-refractivity contribution in [2.75, 3.05) is 13.2 Å². The number of hydrogen-bond acceptors (Lipinski definition) is 4. The summed E-state index contributed by atoms with van der Waals surface area (Å²) in [6, 6.07) is 0. The molecule has 0 bridgehead atoms. The number of carbonyl (C=O) groups excluding carboxylic acids is 2. The molecule has 4 heteroatoms. The van der Waals surface area contributed by atoms with Gasteiger partial charge in [-0.25, -0.2) is 0 Å². The average Bonchev–Trinajstić information content (AvgIpc) is 2.59. The van der Waals surface area contributed by atoms with E-state index < -0.39 is 11.9 Å². The number of Topliss-reactive ketones (excluding diaryl/α,β-unsaturated/α-hetero) is 1. The van der Waals surface area contributed by atoms with Gasteiger partial charge in [-0.1, -0.05) is 19.8 Å². The second-order valence-electron chi connectivity index (χ2n) is 3.97. The van der Waals surface area contributed by atoms with Crippen molar-refractivity contribution in [1.82, 2.24) is 0 Å². The molecule has 1 N–H and O–H groups in total. The number of carbonyl (C=O) groups is 2. The van der Waals surface area contributed by atoms with E-state index in [0.717, 1.165) is 19.3 Å². The molecule has 2 atom stereocenters. The van der Waals surface area contributed by atoms with Gasteiger partial charge in [-0.2, -0.15) is 0 Å². The zero-order valence-electron chi connectivity index (χ0n) is 9.07. The van der Waals surface area contributed by atoms with E-state index in [-0.39, 0.29) is 24.9 Å².